The molecule has 8 heteroatoms. The van der Waals surface area contributed by atoms with Gasteiger partial charge in [-0.05, 0) is 69.4 Å². The molecule has 1 aliphatic carbocycles. The Labute approximate surface area is 186 Å². The molecule has 8 nitrogen and oxygen atoms in total. The van der Waals surface area contributed by atoms with E-state index in [9.17, 15) is 14.7 Å². The summed E-state index contributed by atoms with van der Waals surface area (Å²) in [4.78, 5) is 23.7. The molecule has 1 aliphatic rings. The number of amides is 1. The summed E-state index contributed by atoms with van der Waals surface area (Å²) < 4.78 is 6.88. The summed E-state index contributed by atoms with van der Waals surface area (Å²) in [5, 5.41) is 20.4. The molecule has 0 bridgehead atoms. The van der Waals surface area contributed by atoms with Crippen LogP contribution in [0.1, 0.15) is 44.9 Å². The van der Waals surface area contributed by atoms with Crippen molar-refractivity contribution in [2.24, 2.45) is 0 Å². The first kappa shape index (κ1) is 21.5. The molecule has 0 unspecified atom stereocenters. The van der Waals surface area contributed by atoms with Crippen molar-refractivity contribution in [2.75, 3.05) is 5.32 Å². The van der Waals surface area contributed by atoms with E-state index in [2.05, 4.69) is 15.6 Å². The smallest absolute Gasteiger partial charge is 0.413 e. The van der Waals surface area contributed by atoms with Gasteiger partial charge in [0, 0.05) is 0 Å². The second-order valence-corrected chi connectivity index (χ2v) is 9.07. The highest BCUT2D eigenvalue weighted by atomic mass is 16.6. The van der Waals surface area contributed by atoms with Crippen molar-refractivity contribution in [1.82, 2.24) is 15.0 Å². The molecule has 2 N–H and O–H groups in total. The van der Waals surface area contributed by atoms with Gasteiger partial charge in [-0.3, -0.25) is 10.1 Å². The highest BCUT2D eigenvalue weighted by Crippen LogP contribution is 2.48. The van der Waals surface area contributed by atoms with Gasteiger partial charge in [-0.15, -0.1) is 5.10 Å². The normalized spacial score (nSPS) is 14.6. The topological polar surface area (TPSA) is 106 Å². The third-order valence-corrected chi connectivity index (χ3v) is 5.50. The van der Waals surface area contributed by atoms with Gasteiger partial charge in [-0.25, -0.2) is 4.79 Å². The fraction of sp³-hybridized carbons (Fsp3) is 0.333. The lowest BCUT2D eigenvalue weighted by molar-refractivity contribution is -0.140. The number of nitrogens with zero attached hydrogens (tertiary/aromatic N) is 3. The van der Waals surface area contributed by atoms with E-state index in [1.54, 1.807) is 32.4 Å². The predicted octanol–water partition coefficient (Wildman–Crippen LogP) is 4.71. The number of nitrogens with one attached hydrogen (secondary N) is 1. The Bertz CT molecular complexity index is 1150. The van der Waals surface area contributed by atoms with Crippen LogP contribution in [0.4, 0.5) is 10.6 Å². The van der Waals surface area contributed by atoms with Crippen molar-refractivity contribution in [1.29, 1.82) is 0 Å². The maximum Gasteiger partial charge on any atom is 0.413 e. The molecular formula is C24H26N4O4. The van der Waals surface area contributed by atoms with Gasteiger partial charge in [0.15, 0.2) is 5.82 Å². The van der Waals surface area contributed by atoms with E-state index in [0.29, 0.717) is 24.4 Å². The van der Waals surface area contributed by atoms with Crippen LogP contribution in [0.2, 0.25) is 0 Å². The van der Waals surface area contributed by atoms with Gasteiger partial charge in [-0.2, -0.15) is 4.68 Å². The Morgan fingerprint density at radius 2 is 1.59 bits per heavy atom. The van der Waals surface area contributed by atoms with E-state index in [1.807, 2.05) is 48.5 Å². The second kappa shape index (κ2) is 7.78. The molecule has 1 aromatic heterocycles. The molecule has 0 aliphatic heterocycles. The van der Waals surface area contributed by atoms with Crippen molar-refractivity contribution in [3.8, 4) is 16.8 Å². The average Bonchev–Trinajstić information content (AvgIpc) is 3.47. The van der Waals surface area contributed by atoms with E-state index in [-0.39, 0.29) is 0 Å². The number of anilines is 1. The van der Waals surface area contributed by atoms with Crippen LogP contribution in [0, 0.1) is 6.92 Å². The number of benzene rings is 2. The molecule has 166 valence electrons. The van der Waals surface area contributed by atoms with Crippen LogP contribution in [0.15, 0.2) is 48.5 Å². The molecule has 1 saturated carbocycles. The molecule has 2 aromatic carbocycles. The third kappa shape index (κ3) is 4.21. The lowest BCUT2D eigenvalue weighted by Gasteiger charge is -2.20. The lowest BCUT2D eigenvalue weighted by Crippen LogP contribution is -2.28. The third-order valence-electron chi connectivity index (χ3n) is 5.50. The average molecular weight is 434 g/mol. The van der Waals surface area contributed by atoms with Gasteiger partial charge >= 0.3 is 12.1 Å². The largest absolute Gasteiger partial charge is 0.481 e. The van der Waals surface area contributed by atoms with Gasteiger partial charge in [0.05, 0.1) is 11.1 Å². The summed E-state index contributed by atoms with van der Waals surface area (Å²) in [6.07, 6.45) is 0.802. The number of carboxylic acid groups (broad SMARTS) is 1. The van der Waals surface area contributed by atoms with Crippen LogP contribution in [-0.4, -0.2) is 37.8 Å². The summed E-state index contributed by atoms with van der Waals surface area (Å²) in [6.45, 7) is 7.15. The molecular weight excluding hydrogens is 408 g/mol. The monoisotopic (exact) mass is 434 g/mol. The molecule has 0 saturated heterocycles. The minimum atomic E-state index is -0.756. The van der Waals surface area contributed by atoms with E-state index in [4.69, 9.17) is 4.74 Å². The van der Waals surface area contributed by atoms with Gasteiger partial charge in [-0.1, -0.05) is 41.6 Å². The Morgan fingerprint density at radius 3 is 2.09 bits per heavy atom. The van der Waals surface area contributed by atoms with Gasteiger partial charge < -0.3 is 9.84 Å². The number of carboxylic acids is 1. The summed E-state index contributed by atoms with van der Waals surface area (Å²) in [5.41, 5.74) is 2.81. The molecule has 4 rings (SSSR count). The van der Waals surface area contributed by atoms with Gasteiger partial charge in [0.2, 0.25) is 0 Å². The second-order valence-electron chi connectivity index (χ2n) is 9.07. The number of rotatable bonds is 5. The number of hydrogen-bond acceptors (Lipinski definition) is 5. The number of aliphatic carboxylic acids is 1. The quantitative estimate of drug-likeness (QED) is 0.603. The molecule has 1 amide bonds. The summed E-state index contributed by atoms with van der Waals surface area (Å²) >= 11 is 0. The standard InChI is InChI=1S/C24H26N4O4/c1-15-20(25-22(31)32-23(2,3)4)28(27-26-15)19-11-7-17(8-12-19)16-5-9-18(10-6-16)24(13-14-24)21(29)30/h5-12H,13-14H2,1-4H3,(H,25,31)(H,29,30). The zero-order valence-corrected chi connectivity index (χ0v) is 18.5. The molecule has 0 spiro atoms. The lowest BCUT2D eigenvalue weighted by atomic mass is 9.94. The maximum absolute atomic E-state index is 12.2. The van der Waals surface area contributed by atoms with Crippen LogP contribution in [0.5, 0.6) is 0 Å². The van der Waals surface area contributed by atoms with Crippen LogP contribution in [0.3, 0.4) is 0 Å². The van der Waals surface area contributed by atoms with E-state index in [1.165, 1.54) is 0 Å². The molecule has 1 fully saturated rings. The number of ether oxygens (including phenoxy) is 1. The highest BCUT2D eigenvalue weighted by molar-refractivity contribution is 5.85. The van der Waals surface area contributed by atoms with Crippen molar-refractivity contribution in [3.63, 3.8) is 0 Å². The minimum absolute atomic E-state index is 0.444. The molecule has 32 heavy (non-hydrogen) atoms. The van der Waals surface area contributed by atoms with Crippen molar-refractivity contribution >= 4 is 17.9 Å². The number of aromatic nitrogens is 3. The van der Waals surface area contributed by atoms with Crippen LogP contribution in [-0.2, 0) is 14.9 Å². The zero-order valence-electron chi connectivity index (χ0n) is 18.5. The summed E-state index contributed by atoms with van der Waals surface area (Å²) in [5.74, 6) is -0.312. The van der Waals surface area contributed by atoms with E-state index < -0.39 is 23.1 Å². The Balaban J connectivity index is 1.54. The van der Waals surface area contributed by atoms with Crippen LogP contribution < -0.4 is 5.32 Å². The highest BCUT2D eigenvalue weighted by Gasteiger charge is 2.51. The van der Waals surface area contributed by atoms with Crippen molar-refractivity contribution in [2.45, 2.75) is 51.6 Å². The summed E-state index contributed by atoms with van der Waals surface area (Å²) in [6, 6.07) is 15.4. The molecule has 0 radical (unpaired) electrons. The Morgan fingerprint density at radius 1 is 1.03 bits per heavy atom. The van der Waals surface area contributed by atoms with E-state index in [0.717, 1.165) is 22.4 Å². The Hall–Kier alpha value is -3.68. The van der Waals surface area contributed by atoms with Crippen LogP contribution in [0.25, 0.3) is 16.8 Å². The number of hydrogen-bond donors (Lipinski definition) is 2. The maximum atomic E-state index is 12.2. The minimum Gasteiger partial charge on any atom is -0.481 e. The van der Waals surface area contributed by atoms with Crippen LogP contribution >= 0.6 is 0 Å². The van der Waals surface area contributed by atoms with Gasteiger partial charge in [0.1, 0.15) is 11.3 Å². The summed E-state index contributed by atoms with van der Waals surface area (Å²) in [7, 11) is 0. The van der Waals surface area contributed by atoms with Crippen molar-refractivity contribution in [3.05, 3.63) is 59.8 Å². The van der Waals surface area contributed by atoms with E-state index >= 15 is 0 Å². The first-order valence-electron chi connectivity index (χ1n) is 10.5. The molecule has 3 aromatic rings. The molecule has 1 heterocycles. The Kier molecular flexibility index (Phi) is 5.24. The first-order valence-corrected chi connectivity index (χ1v) is 10.5. The fourth-order valence-corrected chi connectivity index (χ4v) is 3.61. The zero-order chi connectivity index (χ0) is 23.1. The number of carbonyl (C=O) groups is 2. The first-order chi connectivity index (χ1) is 15.1. The van der Waals surface area contributed by atoms with Gasteiger partial charge in [0.25, 0.3) is 0 Å². The number of aryl methyl sites for hydroxylation is 1. The predicted molar refractivity (Wildman–Crippen MR) is 120 cm³/mol. The fourth-order valence-electron chi connectivity index (χ4n) is 3.61. The van der Waals surface area contributed by atoms with Crippen molar-refractivity contribution < 1.29 is 19.4 Å². The SMILES string of the molecule is Cc1nnn(-c2ccc(-c3ccc(C4(C(=O)O)CC4)cc3)cc2)c1NC(=O)OC(C)(C)C. The number of carbonyl (C=O) groups excluding carboxylic acids is 1. The molecule has 0 atom stereocenters.